The van der Waals surface area contributed by atoms with Crippen LogP contribution >= 0.6 is 0 Å². The molecule has 1 aromatic carbocycles. The second kappa shape index (κ2) is 7.26. The van der Waals surface area contributed by atoms with Gasteiger partial charge < -0.3 is 15.4 Å². The number of pyridine rings is 1. The molecule has 170 valence electrons. The smallest absolute Gasteiger partial charge is 0.308 e. The van der Waals surface area contributed by atoms with E-state index >= 15 is 4.39 Å². The lowest BCUT2D eigenvalue weighted by Gasteiger charge is -2.47. The fraction of sp³-hybridized carbons (Fsp3) is 0.375. The molecule has 9 heteroatoms. The summed E-state index contributed by atoms with van der Waals surface area (Å²) in [5.74, 6) is -2.02. The predicted octanol–water partition coefficient (Wildman–Crippen LogP) is 4.70. The number of aliphatic carboxylic acids is 1. The molecule has 2 bridgehead atoms. The number of benzene rings is 1. The quantitative estimate of drug-likeness (QED) is 0.418. The number of nitrogens with one attached hydrogen (secondary N) is 2. The van der Waals surface area contributed by atoms with Gasteiger partial charge >= 0.3 is 5.97 Å². The SMILES string of the molecule is Cn1ncc2c(-c3c[nH]c4ncc(F)cc34)cc(N[C@H]3C4CCC(CC4)[C@@H]3C(=O)O)c(F)c21. The summed E-state index contributed by atoms with van der Waals surface area (Å²) >= 11 is 0. The summed E-state index contributed by atoms with van der Waals surface area (Å²) in [6.07, 6.45) is 8.16. The highest BCUT2D eigenvalue weighted by Crippen LogP contribution is 2.47. The summed E-state index contributed by atoms with van der Waals surface area (Å²) in [4.78, 5) is 19.2. The number of rotatable bonds is 4. The number of fused-ring (bicyclic) bond motifs is 5. The molecule has 3 aromatic heterocycles. The molecular weight excluding hydrogens is 428 g/mol. The van der Waals surface area contributed by atoms with Gasteiger partial charge in [0.05, 0.1) is 24.0 Å². The number of hydrogen-bond donors (Lipinski definition) is 3. The fourth-order valence-corrected chi connectivity index (χ4v) is 6.03. The van der Waals surface area contributed by atoms with Crippen LogP contribution in [0.2, 0.25) is 0 Å². The van der Waals surface area contributed by atoms with Crippen LogP contribution in [0.3, 0.4) is 0 Å². The number of hydrogen-bond acceptors (Lipinski definition) is 4. The number of aryl methyl sites for hydroxylation is 1. The summed E-state index contributed by atoms with van der Waals surface area (Å²) in [5, 5.41) is 18.6. The predicted molar refractivity (Wildman–Crippen MR) is 120 cm³/mol. The number of carboxylic acid groups (broad SMARTS) is 1. The number of aromatic amines is 1. The average Bonchev–Trinajstić information content (AvgIpc) is 3.40. The van der Waals surface area contributed by atoms with E-state index < -0.39 is 23.5 Å². The van der Waals surface area contributed by atoms with E-state index in [2.05, 4.69) is 20.4 Å². The van der Waals surface area contributed by atoms with E-state index in [9.17, 15) is 14.3 Å². The number of carboxylic acids is 1. The summed E-state index contributed by atoms with van der Waals surface area (Å²) < 4.78 is 31.2. The van der Waals surface area contributed by atoms with Crippen LogP contribution in [0, 0.1) is 29.4 Å². The molecule has 3 fully saturated rings. The van der Waals surface area contributed by atoms with Gasteiger partial charge in [-0.3, -0.25) is 9.48 Å². The molecule has 2 atom stereocenters. The number of halogens is 2. The number of carbonyl (C=O) groups is 1. The average molecular weight is 451 g/mol. The van der Waals surface area contributed by atoms with Gasteiger partial charge in [-0.1, -0.05) is 0 Å². The third-order valence-corrected chi connectivity index (χ3v) is 7.58. The van der Waals surface area contributed by atoms with E-state index in [1.807, 2.05) is 0 Å². The highest BCUT2D eigenvalue weighted by Gasteiger charge is 2.47. The molecule has 0 saturated heterocycles. The van der Waals surface area contributed by atoms with E-state index in [-0.39, 0.29) is 23.6 Å². The largest absolute Gasteiger partial charge is 0.481 e. The molecule has 4 aromatic rings. The maximum atomic E-state index is 15.7. The van der Waals surface area contributed by atoms with Crippen molar-refractivity contribution in [3.63, 3.8) is 0 Å². The zero-order valence-electron chi connectivity index (χ0n) is 18.0. The highest BCUT2D eigenvalue weighted by atomic mass is 19.1. The van der Waals surface area contributed by atoms with Crippen molar-refractivity contribution in [1.29, 1.82) is 0 Å². The summed E-state index contributed by atoms with van der Waals surface area (Å²) in [5.41, 5.74) is 2.43. The second-order valence-corrected chi connectivity index (χ2v) is 9.28. The molecule has 3 aliphatic rings. The van der Waals surface area contributed by atoms with Crippen LogP contribution in [0.15, 0.2) is 30.7 Å². The van der Waals surface area contributed by atoms with Crippen LogP contribution in [-0.4, -0.2) is 36.9 Å². The Hall–Kier alpha value is -3.49. The van der Waals surface area contributed by atoms with Gasteiger partial charge in [-0.15, -0.1) is 0 Å². The zero-order chi connectivity index (χ0) is 22.9. The Morgan fingerprint density at radius 2 is 1.88 bits per heavy atom. The summed E-state index contributed by atoms with van der Waals surface area (Å²) in [6, 6.07) is 2.74. The molecule has 33 heavy (non-hydrogen) atoms. The minimum absolute atomic E-state index is 0.107. The fourth-order valence-electron chi connectivity index (χ4n) is 6.03. The van der Waals surface area contributed by atoms with Gasteiger partial charge in [0.15, 0.2) is 5.82 Å². The third kappa shape index (κ3) is 3.02. The van der Waals surface area contributed by atoms with Crippen molar-refractivity contribution in [2.75, 3.05) is 5.32 Å². The van der Waals surface area contributed by atoms with Gasteiger partial charge in [0, 0.05) is 35.6 Å². The Bertz CT molecular complexity index is 1400. The van der Waals surface area contributed by atoms with Crippen molar-refractivity contribution in [2.45, 2.75) is 31.7 Å². The van der Waals surface area contributed by atoms with Gasteiger partial charge in [-0.25, -0.2) is 13.8 Å². The Morgan fingerprint density at radius 3 is 2.64 bits per heavy atom. The third-order valence-electron chi connectivity index (χ3n) is 7.58. The van der Waals surface area contributed by atoms with Crippen molar-refractivity contribution in [1.82, 2.24) is 19.7 Å². The highest BCUT2D eigenvalue weighted by molar-refractivity contribution is 6.05. The summed E-state index contributed by atoms with van der Waals surface area (Å²) in [6.45, 7) is 0. The second-order valence-electron chi connectivity index (χ2n) is 9.28. The minimum Gasteiger partial charge on any atom is -0.481 e. The van der Waals surface area contributed by atoms with Crippen LogP contribution in [0.4, 0.5) is 14.5 Å². The maximum Gasteiger partial charge on any atom is 0.308 e. The van der Waals surface area contributed by atoms with Crippen LogP contribution in [0.25, 0.3) is 33.1 Å². The first-order valence-electron chi connectivity index (χ1n) is 11.2. The molecule has 7 rings (SSSR count). The number of aromatic nitrogens is 4. The Morgan fingerprint density at radius 1 is 1.12 bits per heavy atom. The molecule has 3 N–H and O–H groups in total. The molecule has 0 aliphatic heterocycles. The molecule has 7 nitrogen and oxygen atoms in total. The van der Waals surface area contributed by atoms with Gasteiger partial charge in [-0.2, -0.15) is 5.10 Å². The Labute approximate surface area is 187 Å². The first-order valence-corrected chi connectivity index (χ1v) is 11.2. The molecule has 0 radical (unpaired) electrons. The maximum absolute atomic E-state index is 15.7. The lowest BCUT2D eigenvalue weighted by atomic mass is 9.61. The van der Waals surface area contributed by atoms with Gasteiger partial charge in [0.25, 0.3) is 0 Å². The van der Waals surface area contributed by atoms with E-state index in [1.165, 1.54) is 10.7 Å². The first-order chi connectivity index (χ1) is 15.9. The van der Waals surface area contributed by atoms with Crippen LogP contribution < -0.4 is 5.32 Å². The van der Waals surface area contributed by atoms with Crippen molar-refractivity contribution >= 4 is 33.6 Å². The number of H-pyrrole nitrogens is 1. The Balaban J connectivity index is 1.52. The molecule has 3 saturated carbocycles. The van der Waals surface area contributed by atoms with Crippen molar-refractivity contribution in [2.24, 2.45) is 24.8 Å². The van der Waals surface area contributed by atoms with E-state index in [0.717, 1.165) is 31.9 Å². The van der Waals surface area contributed by atoms with E-state index in [4.69, 9.17) is 0 Å². The van der Waals surface area contributed by atoms with Crippen LogP contribution in [0.5, 0.6) is 0 Å². The first kappa shape index (κ1) is 20.1. The minimum atomic E-state index is -0.831. The lowest BCUT2D eigenvalue weighted by Crippen LogP contribution is -2.51. The number of anilines is 1. The van der Waals surface area contributed by atoms with Crippen molar-refractivity contribution in [3.8, 4) is 11.1 Å². The number of nitrogens with zero attached hydrogens (tertiary/aromatic N) is 3. The van der Waals surface area contributed by atoms with Crippen molar-refractivity contribution < 1.29 is 18.7 Å². The zero-order valence-corrected chi connectivity index (χ0v) is 18.0. The molecule has 3 heterocycles. The molecule has 3 aliphatic carbocycles. The topological polar surface area (TPSA) is 95.8 Å². The van der Waals surface area contributed by atoms with E-state index in [0.29, 0.717) is 33.1 Å². The van der Waals surface area contributed by atoms with Gasteiger partial charge in [0.1, 0.15) is 17.0 Å². The Kier molecular flexibility index (Phi) is 4.43. The van der Waals surface area contributed by atoms with Gasteiger partial charge in [0.2, 0.25) is 0 Å². The molecule has 0 amide bonds. The normalized spacial score (nSPS) is 24.6. The lowest BCUT2D eigenvalue weighted by molar-refractivity contribution is -0.148. The van der Waals surface area contributed by atoms with E-state index in [1.54, 1.807) is 25.5 Å². The van der Waals surface area contributed by atoms with Gasteiger partial charge in [-0.05, 0) is 55.2 Å². The molecule has 0 spiro atoms. The molecular formula is C24H23F2N5O2. The van der Waals surface area contributed by atoms with Crippen LogP contribution in [-0.2, 0) is 11.8 Å². The van der Waals surface area contributed by atoms with Crippen molar-refractivity contribution in [3.05, 3.63) is 42.4 Å². The summed E-state index contributed by atoms with van der Waals surface area (Å²) in [7, 11) is 1.66. The monoisotopic (exact) mass is 451 g/mol. The molecule has 0 unspecified atom stereocenters. The standard InChI is InChI=1S/C24H23F2N5O2/c1-31-22-17(10-29-31)14(16-9-28-23-15(16)6-13(25)8-27-23)7-18(20(22)26)30-21-12-4-2-11(3-5-12)19(21)24(32)33/h6-12,19,21,30H,2-5H2,1H3,(H,27,28)(H,32,33)/t11?,12?,19-,21-/m0/s1. The van der Waals surface area contributed by atoms with Crippen LogP contribution in [0.1, 0.15) is 25.7 Å².